The number of carboxylic acid groups (broad SMARTS) is 2. The molecule has 5 amide bonds. The van der Waals surface area contributed by atoms with E-state index in [1.54, 1.807) is 0 Å². The van der Waals surface area contributed by atoms with Crippen molar-refractivity contribution in [3.8, 4) is 0 Å². The average Bonchev–Trinajstić information content (AvgIpc) is 3.08. The summed E-state index contributed by atoms with van der Waals surface area (Å²) in [6.45, 7) is 19.7. The maximum absolute atomic E-state index is 13.0. The van der Waals surface area contributed by atoms with E-state index in [-0.39, 0.29) is 74.3 Å². The zero-order chi connectivity index (χ0) is 45.3. The van der Waals surface area contributed by atoms with Crippen LogP contribution in [0.1, 0.15) is 133 Å². The highest BCUT2D eigenvalue weighted by Crippen LogP contribution is 2.38. The molecule has 0 aliphatic carbocycles. The van der Waals surface area contributed by atoms with Gasteiger partial charge in [0.05, 0.1) is 19.8 Å². The van der Waals surface area contributed by atoms with Gasteiger partial charge in [-0.2, -0.15) is 0 Å². The van der Waals surface area contributed by atoms with Gasteiger partial charge >= 0.3 is 11.9 Å². The molecule has 0 heterocycles. The van der Waals surface area contributed by atoms with Crippen molar-refractivity contribution in [1.29, 1.82) is 0 Å². The lowest BCUT2D eigenvalue weighted by atomic mass is 9.72. The maximum Gasteiger partial charge on any atom is 0.326 e. The molecule has 18 heteroatoms. The minimum Gasteiger partial charge on any atom is -0.480 e. The molecule has 0 rings (SSSR count). The Balaban J connectivity index is 4.69. The van der Waals surface area contributed by atoms with Gasteiger partial charge in [-0.15, -0.1) is 0 Å². The van der Waals surface area contributed by atoms with E-state index in [1.807, 2.05) is 62.3 Å². The molecule has 0 aliphatic heterocycles. The maximum atomic E-state index is 13.0. The Morgan fingerprint density at radius 1 is 0.627 bits per heavy atom. The first kappa shape index (κ1) is 55.2. The number of carboxylic acids is 2. The van der Waals surface area contributed by atoms with Gasteiger partial charge in [-0.05, 0) is 60.7 Å². The normalized spacial score (nSPS) is 13.1. The monoisotopic (exact) mass is 859 g/mol. The minimum atomic E-state index is -1.40. The van der Waals surface area contributed by atoms with Crippen molar-refractivity contribution < 1.29 is 58.0 Å². The molecule has 0 saturated heterocycles. The molecule has 0 bridgehead atoms. The number of hydrogen-bond donors (Lipinski definition) is 7. The summed E-state index contributed by atoms with van der Waals surface area (Å²) >= 11 is 1.26. The van der Waals surface area contributed by atoms with E-state index in [4.69, 9.17) is 9.47 Å². The molecular formula is C41H73N5O12S. The van der Waals surface area contributed by atoms with Gasteiger partial charge in [0.25, 0.3) is 0 Å². The fourth-order valence-electron chi connectivity index (χ4n) is 7.14. The molecule has 0 aromatic heterocycles. The molecule has 7 N–H and O–H groups in total. The van der Waals surface area contributed by atoms with Crippen LogP contribution in [0.3, 0.4) is 0 Å². The van der Waals surface area contributed by atoms with Gasteiger partial charge in [0.2, 0.25) is 29.5 Å². The molecular weight excluding hydrogens is 787 g/mol. The van der Waals surface area contributed by atoms with Gasteiger partial charge in [-0.25, -0.2) is 9.59 Å². The molecule has 59 heavy (non-hydrogen) atoms. The number of ether oxygens (including phenoxy) is 2. The number of carbonyl (C=O) groups is 8. The highest BCUT2D eigenvalue weighted by atomic mass is 32.2. The van der Waals surface area contributed by atoms with Gasteiger partial charge in [0.15, 0.2) is 0 Å². The van der Waals surface area contributed by atoms with Gasteiger partial charge < -0.3 is 50.5 Å². The average molecular weight is 860 g/mol. The van der Waals surface area contributed by atoms with Crippen molar-refractivity contribution in [1.82, 2.24) is 26.0 Å². The summed E-state index contributed by atoms with van der Waals surface area (Å²) in [6.07, 6.45) is 2.68. The third kappa shape index (κ3) is 29.2. The van der Waals surface area contributed by atoms with Crippen LogP contribution in [0.25, 0.3) is 0 Å². The van der Waals surface area contributed by atoms with Crippen LogP contribution in [0.2, 0.25) is 0 Å². The minimum absolute atomic E-state index is 0.0282. The lowest BCUT2D eigenvalue weighted by molar-refractivity contribution is -0.143. The molecule has 0 radical (unpaired) electrons. The Labute approximate surface area is 354 Å². The van der Waals surface area contributed by atoms with E-state index < -0.39 is 52.6 Å². The topological polar surface area (TPSA) is 256 Å². The quantitative estimate of drug-likeness (QED) is 0.0277. The lowest BCUT2D eigenvalue weighted by Gasteiger charge is -2.35. The van der Waals surface area contributed by atoms with Crippen molar-refractivity contribution in [2.24, 2.45) is 21.7 Å². The second-order valence-corrected chi connectivity index (χ2v) is 19.0. The van der Waals surface area contributed by atoms with Crippen LogP contribution in [0.5, 0.6) is 0 Å². The standard InChI is InChI=1S/C41H73N5O12S/c1-10-57-21-22-58-20-18-42-32(49)15-13-29(36(53)54)44-33(50)16-14-30(37(55)56)45-34(51)24-39(4,5)27-41(8,9)28-43-31(48)12-11-23-59-46-35(52)25-40(6,7)26-38(2,3)17-19-47/h19,29-30H,10-18,20-28H2,1-9H3,(H,42,49)(H,43,48)(H,44,50)(H,45,51)(H,46,52)(H,53,54)(H,55,56). The number of rotatable bonds is 34. The number of hydrogen-bond acceptors (Lipinski definition) is 11. The van der Waals surface area contributed by atoms with E-state index in [1.165, 1.54) is 11.9 Å². The van der Waals surface area contributed by atoms with Crippen LogP contribution in [-0.2, 0) is 47.8 Å². The van der Waals surface area contributed by atoms with E-state index in [0.29, 0.717) is 57.8 Å². The van der Waals surface area contributed by atoms with E-state index in [9.17, 15) is 48.6 Å². The van der Waals surface area contributed by atoms with Crippen LogP contribution in [0.15, 0.2) is 0 Å². The van der Waals surface area contributed by atoms with Crippen LogP contribution in [0, 0.1) is 21.7 Å². The number of amides is 5. The molecule has 340 valence electrons. The Morgan fingerprint density at radius 2 is 1.14 bits per heavy atom. The number of carbonyl (C=O) groups excluding carboxylic acids is 6. The molecule has 2 unspecified atom stereocenters. The molecule has 0 aromatic carbocycles. The SMILES string of the molecule is CCOCCOCCNC(=O)CCC(NC(=O)CCC(NC(=O)CC(C)(C)CC(C)(C)CNC(=O)CCCSNC(=O)CC(C)(C)CC(C)(C)CC=O)C(=O)O)C(=O)O. The second kappa shape index (κ2) is 27.9. The Hall–Kier alpha value is -3.77. The van der Waals surface area contributed by atoms with Crippen molar-refractivity contribution >= 4 is 59.7 Å². The van der Waals surface area contributed by atoms with Crippen LogP contribution in [0.4, 0.5) is 0 Å². The van der Waals surface area contributed by atoms with Gasteiger partial charge in [0.1, 0.15) is 18.4 Å². The van der Waals surface area contributed by atoms with Gasteiger partial charge in [-0.1, -0.05) is 67.3 Å². The van der Waals surface area contributed by atoms with Crippen molar-refractivity contribution in [2.45, 2.75) is 145 Å². The molecule has 0 spiro atoms. The van der Waals surface area contributed by atoms with Crippen LogP contribution in [-0.4, -0.2) is 115 Å². The Morgan fingerprint density at radius 3 is 1.69 bits per heavy atom. The predicted molar refractivity (Wildman–Crippen MR) is 225 cm³/mol. The number of aldehydes is 1. The Bertz CT molecular complexity index is 1370. The van der Waals surface area contributed by atoms with Crippen LogP contribution < -0.4 is 26.0 Å². The molecule has 2 atom stereocenters. The van der Waals surface area contributed by atoms with Crippen molar-refractivity contribution in [3.63, 3.8) is 0 Å². The van der Waals surface area contributed by atoms with E-state index >= 15 is 0 Å². The summed E-state index contributed by atoms with van der Waals surface area (Å²) in [5.41, 5.74) is -1.47. The van der Waals surface area contributed by atoms with E-state index in [2.05, 4.69) is 26.0 Å². The fraction of sp³-hybridized carbons (Fsp3) is 0.805. The summed E-state index contributed by atoms with van der Waals surface area (Å²) < 4.78 is 13.3. The first-order valence-electron chi connectivity index (χ1n) is 20.4. The smallest absolute Gasteiger partial charge is 0.326 e. The van der Waals surface area contributed by atoms with Crippen molar-refractivity contribution in [3.05, 3.63) is 0 Å². The highest BCUT2D eigenvalue weighted by Gasteiger charge is 2.33. The Kier molecular flexibility index (Phi) is 26.1. The molecule has 0 aliphatic rings. The van der Waals surface area contributed by atoms with Gasteiger partial charge in [0, 0.05) is 64.0 Å². The number of aliphatic carboxylic acids is 2. The molecule has 0 fully saturated rings. The highest BCUT2D eigenvalue weighted by molar-refractivity contribution is 7.97. The first-order valence-corrected chi connectivity index (χ1v) is 21.4. The molecule has 17 nitrogen and oxygen atoms in total. The predicted octanol–water partition coefficient (Wildman–Crippen LogP) is 3.77. The molecule has 0 aromatic rings. The summed E-state index contributed by atoms with van der Waals surface area (Å²) in [5.74, 6) is -4.07. The third-order valence-electron chi connectivity index (χ3n) is 9.16. The van der Waals surface area contributed by atoms with Crippen molar-refractivity contribution in [2.75, 3.05) is 45.3 Å². The summed E-state index contributed by atoms with van der Waals surface area (Å²) in [7, 11) is 0. The summed E-state index contributed by atoms with van der Waals surface area (Å²) in [4.78, 5) is 97.4. The zero-order valence-corrected chi connectivity index (χ0v) is 37.7. The fourth-order valence-corrected chi connectivity index (χ4v) is 7.76. The largest absolute Gasteiger partial charge is 0.480 e. The third-order valence-corrected chi connectivity index (χ3v) is 10.0. The van der Waals surface area contributed by atoms with E-state index in [0.717, 1.165) is 12.7 Å². The summed E-state index contributed by atoms with van der Waals surface area (Å²) in [5, 5.41) is 29.6. The second-order valence-electron chi connectivity index (χ2n) is 18.1. The number of nitrogens with one attached hydrogen (secondary N) is 5. The first-order chi connectivity index (χ1) is 27.3. The van der Waals surface area contributed by atoms with Gasteiger partial charge in [-0.3, -0.25) is 24.0 Å². The molecule has 0 saturated carbocycles. The lowest BCUT2D eigenvalue weighted by Crippen LogP contribution is -2.45. The van der Waals surface area contributed by atoms with Crippen LogP contribution >= 0.6 is 11.9 Å². The summed E-state index contributed by atoms with van der Waals surface area (Å²) in [6, 6.07) is -2.77. The zero-order valence-electron chi connectivity index (χ0n) is 36.8.